The van der Waals surface area contributed by atoms with Crippen LogP contribution < -0.4 is 5.32 Å². The highest BCUT2D eigenvalue weighted by molar-refractivity contribution is 6.00. The van der Waals surface area contributed by atoms with E-state index < -0.39 is 17.7 Å². The van der Waals surface area contributed by atoms with Crippen molar-refractivity contribution < 1.29 is 18.0 Å². The maximum atomic E-state index is 13.9. The number of aryl methyl sites for hydroxylation is 1. The highest BCUT2D eigenvalue weighted by Crippen LogP contribution is 2.44. The standard InChI is InChI=1S/C20H16F2N4O2/c1-10-23-20-24-15-7-11(17-3-2-4-28-17)8-16(27)18(15)19(26(20)25-10)12-5-13(21)9-14(22)6-12/h2-6,9,11,19H,7-8H2,1H3,(H,23,24,25). The predicted molar refractivity (Wildman–Crippen MR) is 95.6 cm³/mol. The van der Waals surface area contributed by atoms with Crippen molar-refractivity contribution in [3.05, 3.63) is 76.6 Å². The van der Waals surface area contributed by atoms with Crippen LogP contribution in [0.3, 0.4) is 0 Å². The van der Waals surface area contributed by atoms with Crippen molar-refractivity contribution in [1.82, 2.24) is 14.8 Å². The Kier molecular flexibility index (Phi) is 3.68. The number of fused-ring (bicyclic) bond motifs is 1. The van der Waals surface area contributed by atoms with E-state index in [0.29, 0.717) is 35.0 Å². The van der Waals surface area contributed by atoms with E-state index in [1.54, 1.807) is 19.3 Å². The molecule has 28 heavy (non-hydrogen) atoms. The Morgan fingerprint density at radius 1 is 1.21 bits per heavy atom. The monoisotopic (exact) mass is 382 g/mol. The van der Waals surface area contributed by atoms with Crippen molar-refractivity contribution >= 4 is 11.7 Å². The number of nitrogens with one attached hydrogen (secondary N) is 1. The van der Waals surface area contributed by atoms with E-state index in [-0.39, 0.29) is 18.1 Å². The van der Waals surface area contributed by atoms with Gasteiger partial charge in [0.1, 0.15) is 29.3 Å². The molecule has 0 radical (unpaired) electrons. The molecule has 1 N–H and O–H groups in total. The molecule has 3 heterocycles. The fourth-order valence-electron chi connectivity index (χ4n) is 4.08. The van der Waals surface area contributed by atoms with Gasteiger partial charge < -0.3 is 9.73 Å². The van der Waals surface area contributed by atoms with E-state index in [4.69, 9.17) is 4.42 Å². The number of hydrogen-bond acceptors (Lipinski definition) is 5. The van der Waals surface area contributed by atoms with Gasteiger partial charge in [-0.3, -0.25) is 4.79 Å². The normalized spacial score (nSPS) is 21.3. The Labute approximate surface area is 158 Å². The summed E-state index contributed by atoms with van der Waals surface area (Å²) < 4.78 is 34.8. The number of anilines is 1. The van der Waals surface area contributed by atoms with E-state index in [0.717, 1.165) is 11.8 Å². The predicted octanol–water partition coefficient (Wildman–Crippen LogP) is 3.87. The second-order valence-electron chi connectivity index (χ2n) is 7.09. The first-order chi connectivity index (χ1) is 13.5. The van der Waals surface area contributed by atoms with Crippen molar-refractivity contribution in [2.45, 2.75) is 31.7 Å². The largest absolute Gasteiger partial charge is 0.469 e. The molecule has 0 spiro atoms. The summed E-state index contributed by atoms with van der Waals surface area (Å²) in [5, 5.41) is 7.55. The summed E-state index contributed by atoms with van der Waals surface area (Å²) in [5.74, 6) is 0.0609. The topological polar surface area (TPSA) is 73.0 Å². The Morgan fingerprint density at radius 2 is 2.00 bits per heavy atom. The molecule has 0 saturated carbocycles. The lowest BCUT2D eigenvalue weighted by molar-refractivity contribution is -0.117. The summed E-state index contributed by atoms with van der Waals surface area (Å²) >= 11 is 0. The number of hydrogen-bond donors (Lipinski definition) is 1. The van der Waals surface area contributed by atoms with Crippen LogP contribution in [0.5, 0.6) is 0 Å². The molecule has 6 nitrogen and oxygen atoms in total. The number of carbonyl (C=O) groups excluding carboxylic acids is 1. The van der Waals surface area contributed by atoms with Crippen LogP contribution in [0.4, 0.5) is 14.7 Å². The first-order valence-corrected chi connectivity index (χ1v) is 8.95. The maximum absolute atomic E-state index is 13.9. The number of rotatable bonds is 2. The minimum absolute atomic E-state index is 0.103. The molecule has 0 amide bonds. The first-order valence-electron chi connectivity index (χ1n) is 8.95. The van der Waals surface area contributed by atoms with E-state index in [2.05, 4.69) is 15.4 Å². The molecule has 0 fully saturated rings. The van der Waals surface area contributed by atoms with E-state index in [1.807, 2.05) is 6.07 Å². The van der Waals surface area contributed by atoms with Crippen LogP contribution in [0.15, 0.2) is 52.3 Å². The molecule has 2 atom stereocenters. The molecular weight excluding hydrogens is 366 g/mol. The third-order valence-electron chi connectivity index (χ3n) is 5.17. The molecule has 142 valence electrons. The number of ketones is 1. The number of aromatic nitrogens is 3. The zero-order valence-corrected chi connectivity index (χ0v) is 14.9. The molecule has 2 aliphatic rings. The van der Waals surface area contributed by atoms with Gasteiger partial charge in [0, 0.05) is 29.7 Å². The van der Waals surface area contributed by atoms with Crippen molar-refractivity contribution in [2.24, 2.45) is 0 Å². The Bertz CT molecular complexity index is 1100. The molecule has 3 aromatic rings. The van der Waals surface area contributed by atoms with Gasteiger partial charge in [-0.15, -0.1) is 0 Å². The van der Waals surface area contributed by atoms with Gasteiger partial charge in [-0.05, 0) is 43.2 Å². The van der Waals surface area contributed by atoms with E-state index in [1.165, 1.54) is 16.8 Å². The van der Waals surface area contributed by atoms with Crippen LogP contribution in [-0.2, 0) is 4.79 Å². The fourth-order valence-corrected chi connectivity index (χ4v) is 4.08. The molecule has 2 unspecified atom stereocenters. The molecular formula is C20H16F2N4O2. The first kappa shape index (κ1) is 16.9. The van der Waals surface area contributed by atoms with Gasteiger partial charge in [0.05, 0.1) is 6.26 Å². The second-order valence-corrected chi connectivity index (χ2v) is 7.09. The fraction of sp³-hybridized carbons (Fsp3) is 0.250. The van der Waals surface area contributed by atoms with Crippen molar-refractivity contribution in [2.75, 3.05) is 5.32 Å². The third-order valence-corrected chi connectivity index (χ3v) is 5.17. The number of benzene rings is 1. The Balaban J connectivity index is 1.66. The zero-order chi connectivity index (χ0) is 19.4. The number of furan rings is 1. The minimum atomic E-state index is -0.734. The summed E-state index contributed by atoms with van der Waals surface area (Å²) in [4.78, 5) is 17.5. The molecule has 5 rings (SSSR count). The second kappa shape index (κ2) is 6.12. The maximum Gasteiger partial charge on any atom is 0.226 e. The molecule has 0 saturated heterocycles. The molecule has 2 aromatic heterocycles. The summed E-state index contributed by atoms with van der Waals surface area (Å²) in [6.45, 7) is 1.72. The van der Waals surface area contributed by atoms with Crippen LogP contribution in [0.1, 0.15) is 41.9 Å². The number of carbonyl (C=O) groups is 1. The van der Waals surface area contributed by atoms with Crippen molar-refractivity contribution in [3.8, 4) is 0 Å². The van der Waals surface area contributed by atoms with Gasteiger partial charge in [-0.2, -0.15) is 10.1 Å². The van der Waals surface area contributed by atoms with E-state index in [9.17, 15) is 13.6 Å². The highest BCUT2D eigenvalue weighted by Gasteiger charge is 2.40. The van der Waals surface area contributed by atoms with Gasteiger partial charge in [0.25, 0.3) is 0 Å². The van der Waals surface area contributed by atoms with Crippen LogP contribution in [0.2, 0.25) is 0 Å². The lowest BCUT2D eigenvalue weighted by Crippen LogP contribution is -2.33. The molecule has 1 aliphatic carbocycles. The smallest absolute Gasteiger partial charge is 0.226 e. The summed E-state index contributed by atoms with van der Waals surface area (Å²) in [7, 11) is 0. The lowest BCUT2D eigenvalue weighted by Gasteiger charge is -2.34. The Morgan fingerprint density at radius 3 is 2.71 bits per heavy atom. The minimum Gasteiger partial charge on any atom is -0.469 e. The van der Waals surface area contributed by atoms with Crippen LogP contribution in [0, 0.1) is 18.6 Å². The Hall–Kier alpha value is -3.29. The quantitative estimate of drug-likeness (QED) is 0.728. The van der Waals surface area contributed by atoms with Gasteiger partial charge >= 0.3 is 0 Å². The lowest BCUT2D eigenvalue weighted by atomic mass is 9.79. The molecule has 1 aromatic carbocycles. The van der Waals surface area contributed by atoms with Crippen LogP contribution in [0.25, 0.3) is 0 Å². The zero-order valence-electron chi connectivity index (χ0n) is 14.9. The third kappa shape index (κ3) is 2.64. The van der Waals surface area contributed by atoms with Gasteiger partial charge in [-0.25, -0.2) is 13.5 Å². The average molecular weight is 382 g/mol. The van der Waals surface area contributed by atoms with Crippen LogP contribution in [-0.4, -0.2) is 20.5 Å². The van der Waals surface area contributed by atoms with E-state index >= 15 is 0 Å². The highest BCUT2D eigenvalue weighted by atomic mass is 19.1. The molecule has 8 heteroatoms. The summed E-state index contributed by atoms with van der Waals surface area (Å²) in [5.41, 5.74) is 1.47. The van der Waals surface area contributed by atoms with Gasteiger partial charge in [0.2, 0.25) is 5.95 Å². The van der Waals surface area contributed by atoms with Gasteiger partial charge in [0.15, 0.2) is 5.78 Å². The number of Topliss-reactive ketones (excluding diaryl/α,β-unsaturated/α-hetero) is 1. The molecule has 1 aliphatic heterocycles. The number of allylic oxidation sites excluding steroid dienone is 2. The van der Waals surface area contributed by atoms with Gasteiger partial charge in [-0.1, -0.05) is 0 Å². The SMILES string of the molecule is Cc1nc2n(n1)C(c1cc(F)cc(F)c1)C1=C(CC(c3ccco3)CC1=O)N2. The van der Waals surface area contributed by atoms with Crippen LogP contribution >= 0.6 is 0 Å². The van der Waals surface area contributed by atoms with Crippen molar-refractivity contribution in [1.29, 1.82) is 0 Å². The number of halogens is 2. The number of nitrogens with zero attached hydrogens (tertiary/aromatic N) is 3. The summed E-state index contributed by atoms with van der Waals surface area (Å²) in [6.07, 6.45) is 2.37. The van der Waals surface area contributed by atoms with Crippen molar-refractivity contribution in [3.63, 3.8) is 0 Å². The molecule has 0 bridgehead atoms. The average Bonchev–Trinajstić information content (AvgIpc) is 3.27. The summed E-state index contributed by atoms with van der Waals surface area (Å²) in [6, 6.07) is 6.17.